The average molecular weight is 334 g/mol. The molecule has 0 saturated heterocycles. The predicted octanol–water partition coefficient (Wildman–Crippen LogP) is 5.35. The minimum atomic E-state index is -0.00441. The molecule has 2 nitrogen and oxygen atoms in total. The predicted molar refractivity (Wildman–Crippen MR) is 91.9 cm³/mol. The van der Waals surface area contributed by atoms with E-state index in [0.29, 0.717) is 10.0 Å². The molecule has 1 aliphatic carbocycles. The Bertz CT molecular complexity index is 722. The van der Waals surface area contributed by atoms with Crippen LogP contribution >= 0.6 is 23.2 Å². The van der Waals surface area contributed by atoms with Crippen molar-refractivity contribution in [2.75, 3.05) is 5.32 Å². The Balaban J connectivity index is 1.70. The van der Waals surface area contributed by atoms with Gasteiger partial charge in [0.1, 0.15) is 0 Å². The maximum absolute atomic E-state index is 12.4. The van der Waals surface area contributed by atoms with Gasteiger partial charge in [-0.25, -0.2) is 0 Å². The first-order valence-corrected chi connectivity index (χ1v) is 8.04. The van der Waals surface area contributed by atoms with Crippen molar-refractivity contribution in [2.45, 2.75) is 26.2 Å². The summed E-state index contributed by atoms with van der Waals surface area (Å²) in [6.45, 7) is 4.04. The molecule has 114 valence electrons. The van der Waals surface area contributed by atoms with Crippen molar-refractivity contribution in [3.8, 4) is 0 Å². The molecular weight excluding hydrogens is 317 g/mol. The van der Waals surface area contributed by atoms with Gasteiger partial charge < -0.3 is 5.32 Å². The summed E-state index contributed by atoms with van der Waals surface area (Å²) in [7, 11) is 0. The van der Waals surface area contributed by atoms with Crippen LogP contribution < -0.4 is 5.32 Å². The molecule has 0 aromatic heterocycles. The van der Waals surface area contributed by atoms with Crippen LogP contribution in [0.25, 0.3) is 0 Å². The van der Waals surface area contributed by atoms with Gasteiger partial charge in [0, 0.05) is 21.7 Å². The van der Waals surface area contributed by atoms with Crippen molar-refractivity contribution in [3.63, 3.8) is 0 Å². The van der Waals surface area contributed by atoms with E-state index < -0.39 is 0 Å². The highest BCUT2D eigenvalue weighted by atomic mass is 35.5. The van der Waals surface area contributed by atoms with Gasteiger partial charge in [0.15, 0.2) is 0 Å². The Morgan fingerprint density at radius 3 is 2.41 bits per heavy atom. The van der Waals surface area contributed by atoms with Crippen LogP contribution in [-0.2, 0) is 4.79 Å². The summed E-state index contributed by atoms with van der Waals surface area (Å²) >= 11 is 12.1. The normalized spacial score (nSPS) is 19.8. The number of anilines is 1. The number of halogens is 2. The molecule has 0 spiro atoms. The van der Waals surface area contributed by atoms with E-state index in [2.05, 4.69) is 11.4 Å². The lowest BCUT2D eigenvalue weighted by Crippen LogP contribution is -2.15. The first kappa shape index (κ1) is 15.4. The third-order valence-corrected chi connectivity index (χ3v) is 4.52. The maximum atomic E-state index is 12.4. The number of hydrogen-bond acceptors (Lipinski definition) is 1. The summed E-state index contributed by atoms with van der Waals surface area (Å²) in [5.74, 6) is 0.269. The molecule has 2 aromatic carbocycles. The molecule has 0 bridgehead atoms. The fraction of sp³-hybridized carbons (Fsp3) is 0.278. The second-order valence-electron chi connectivity index (χ2n) is 5.96. The molecule has 2 atom stereocenters. The van der Waals surface area contributed by atoms with E-state index in [4.69, 9.17) is 23.2 Å². The fourth-order valence-electron chi connectivity index (χ4n) is 2.82. The summed E-state index contributed by atoms with van der Waals surface area (Å²) in [6, 6.07) is 11.5. The van der Waals surface area contributed by atoms with Crippen LogP contribution in [0.5, 0.6) is 0 Å². The maximum Gasteiger partial charge on any atom is 0.228 e. The second kappa shape index (κ2) is 5.94. The van der Waals surface area contributed by atoms with Crippen LogP contribution in [0.1, 0.15) is 29.0 Å². The Kier molecular flexibility index (Phi) is 4.16. The van der Waals surface area contributed by atoms with E-state index in [-0.39, 0.29) is 17.7 Å². The molecule has 4 heteroatoms. The van der Waals surface area contributed by atoms with Crippen molar-refractivity contribution in [1.29, 1.82) is 0 Å². The quantitative estimate of drug-likeness (QED) is 0.805. The molecule has 0 aliphatic heterocycles. The van der Waals surface area contributed by atoms with Crippen LogP contribution in [0.4, 0.5) is 5.69 Å². The van der Waals surface area contributed by atoms with Crippen LogP contribution in [0.3, 0.4) is 0 Å². The van der Waals surface area contributed by atoms with E-state index >= 15 is 0 Å². The molecule has 0 heterocycles. The highest BCUT2D eigenvalue weighted by Gasteiger charge is 2.44. The zero-order valence-electron chi connectivity index (χ0n) is 12.5. The number of carbonyl (C=O) groups is 1. The molecule has 1 aliphatic rings. The SMILES string of the molecule is Cc1ccc(NC(=O)[C@@H]2C[C@@H]2c2cc(Cl)cc(Cl)c2)c(C)c1. The summed E-state index contributed by atoms with van der Waals surface area (Å²) in [4.78, 5) is 12.4. The Morgan fingerprint density at radius 2 is 1.77 bits per heavy atom. The smallest absolute Gasteiger partial charge is 0.228 e. The van der Waals surface area contributed by atoms with Gasteiger partial charge in [0.25, 0.3) is 0 Å². The van der Waals surface area contributed by atoms with Gasteiger partial charge in [-0.3, -0.25) is 4.79 Å². The highest BCUT2D eigenvalue weighted by Crippen LogP contribution is 2.49. The van der Waals surface area contributed by atoms with Crippen molar-refractivity contribution in [1.82, 2.24) is 0 Å². The van der Waals surface area contributed by atoms with Crippen LogP contribution in [0, 0.1) is 19.8 Å². The number of aryl methyl sites for hydroxylation is 2. The van der Waals surface area contributed by atoms with Crippen LogP contribution in [0.15, 0.2) is 36.4 Å². The Labute approximate surface area is 140 Å². The van der Waals surface area contributed by atoms with E-state index in [1.165, 1.54) is 5.56 Å². The van der Waals surface area contributed by atoms with E-state index in [9.17, 15) is 4.79 Å². The summed E-state index contributed by atoms with van der Waals surface area (Å²) in [5, 5.41) is 4.25. The lowest BCUT2D eigenvalue weighted by Gasteiger charge is -2.09. The van der Waals surface area contributed by atoms with Gasteiger partial charge in [-0.05, 0) is 61.6 Å². The first-order valence-electron chi connectivity index (χ1n) is 7.28. The van der Waals surface area contributed by atoms with Crippen molar-refractivity contribution in [3.05, 3.63) is 63.1 Å². The van der Waals surface area contributed by atoms with Crippen LogP contribution in [0.2, 0.25) is 10.0 Å². The third-order valence-electron chi connectivity index (χ3n) is 4.08. The Hall–Kier alpha value is -1.51. The van der Waals surface area contributed by atoms with Gasteiger partial charge in [0.2, 0.25) is 5.91 Å². The molecule has 1 N–H and O–H groups in total. The van der Waals surface area contributed by atoms with E-state index in [1.807, 2.05) is 38.1 Å². The fourth-order valence-corrected chi connectivity index (χ4v) is 3.36. The number of hydrogen-bond donors (Lipinski definition) is 1. The molecular formula is C18H17Cl2NO. The zero-order chi connectivity index (χ0) is 15.9. The molecule has 0 radical (unpaired) electrons. The van der Waals surface area contributed by atoms with Gasteiger partial charge in [0.05, 0.1) is 0 Å². The standard InChI is InChI=1S/C18H17Cl2NO/c1-10-3-4-17(11(2)5-10)21-18(22)16-9-15(16)12-6-13(19)8-14(20)7-12/h3-8,15-16H,9H2,1-2H3,(H,21,22)/t15-,16-/m1/s1. The molecule has 0 unspecified atom stereocenters. The summed E-state index contributed by atoms with van der Waals surface area (Å²) in [6.07, 6.45) is 0.841. The van der Waals surface area contributed by atoms with Crippen molar-refractivity contribution >= 4 is 34.8 Å². The number of carbonyl (C=O) groups excluding carboxylic acids is 1. The molecule has 1 saturated carbocycles. The van der Waals surface area contributed by atoms with Gasteiger partial charge in [-0.15, -0.1) is 0 Å². The molecule has 1 fully saturated rings. The lowest BCUT2D eigenvalue weighted by molar-refractivity contribution is -0.117. The second-order valence-corrected chi connectivity index (χ2v) is 6.83. The van der Waals surface area contributed by atoms with E-state index in [0.717, 1.165) is 23.2 Å². The van der Waals surface area contributed by atoms with Gasteiger partial charge in [-0.1, -0.05) is 40.9 Å². The minimum absolute atomic E-state index is 0.00441. The number of rotatable bonds is 3. The molecule has 2 aromatic rings. The lowest BCUT2D eigenvalue weighted by atomic mass is 10.1. The van der Waals surface area contributed by atoms with Crippen molar-refractivity contribution in [2.24, 2.45) is 5.92 Å². The van der Waals surface area contributed by atoms with Gasteiger partial charge in [-0.2, -0.15) is 0 Å². The largest absolute Gasteiger partial charge is 0.326 e. The third kappa shape index (κ3) is 3.29. The van der Waals surface area contributed by atoms with Crippen LogP contribution in [-0.4, -0.2) is 5.91 Å². The number of benzene rings is 2. The Morgan fingerprint density at radius 1 is 1.09 bits per heavy atom. The molecule has 22 heavy (non-hydrogen) atoms. The zero-order valence-corrected chi connectivity index (χ0v) is 14.0. The molecule has 3 rings (SSSR count). The topological polar surface area (TPSA) is 29.1 Å². The average Bonchev–Trinajstić information content (AvgIpc) is 3.21. The first-order chi connectivity index (χ1) is 10.4. The molecule has 1 amide bonds. The highest BCUT2D eigenvalue weighted by molar-refractivity contribution is 6.34. The monoisotopic (exact) mass is 333 g/mol. The summed E-state index contributed by atoms with van der Waals surface area (Å²) in [5.41, 5.74) is 4.19. The number of nitrogens with one attached hydrogen (secondary N) is 1. The van der Waals surface area contributed by atoms with E-state index in [1.54, 1.807) is 6.07 Å². The van der Waals surface area contributed by atoms with Gasteiger partial charge >= 0.3 is 0 Å². The minimum Gasteiger partial charge on any atom is -0.326 e. The summed E-state index contributed by atoms with van der Waals surface area (Å²) < 4.78 is 0. The van der Waals surface area contributed by atoms with Crippen molar-refractivity contribution < 1.29 is 4.79 Å². The number of amides is 1.